The number of anilines is 2. The standard InChI is InChI=1S/C23H25ClN4O2S2/c1-30-22(29)20-17-6-4-2-3-5-7-18(17)32-21(20)26-23(31)25-19-12-13-28(27-19)14-15-8-10-16(24)11-9-15/h8-13H,2-7,14H2,1H3,(H2,25,26,27,31). The van der Waals surface area contributed by atoms with Crippen molar-refractivity contribution in [1.82, 2.24) is 9.78 Å². The molecule has 1 aliphatic carbocycles. The maximum absolute atomic E-state index is 12.6. The number of carbonyl (C=O) groups excluding carboxylic acids is 1. The average Bonchev–Trinajstić information content (AvgIpc) is 3.33. The summed E-state index contributed by atoms with van der Waals surface area (Å²) in [6.45, 7) is 0.628. The minimum Gasteiger partial charge on any atom is -0.465 e. The highest BCUT2D eigenvalue weighted by Crippen LogP contribution is 2.37. The molecule has 0 bridgehead atoms. The molecule has 0 atom stereocenters. The predicted molar refractivity (Wildman–Crippen MR) is 134 cm³/mol. The van der Waals surface area contributed by atoms with Crippen LogP contribution in [0.4, 0.5) is 10.8 Å². The van der Waals surface area contributed by atoms with Crippen LogP contribution >= 0.6 is 35.2 Å². The molecule has 2 aromatic heterocycles. The van der Waals surface area contributed by atoms with Crippen LogP contribution in [0.1, 0.15) is 52.0 Å². The molecule has 3 aromatic rings. The van der Waals surface area contributed by atoms with Gasteiger partial charge in [0.2, 0.25) is 0 Å². The lowest BCUT2D eigenvalue weighted by molar-refractivity contribution is 0.0601. The summed E-state index contributed by atoms with van der Waals surface area (Å²) in [5, 5.41) is 12.7. The van der Waals surface area contributed by atoms with E-state index in [2.05, 4.69) is 15.7 Å². The summed E-state index contributed by atoms with van der Waals surface area (Å²) >= 11 is 13.1. The maximum atomic E-state index is 12.6. The molecule has 0 saturated heterocycles. The molecule has 2 heterocycles. The van der Waals surface area contributed by atoms with Crippen LogP contribution in [0.25, 0.3) is 0 Å². The van der Waals surface area contributed by atoms with Gasteiger partial charge >= 0.3 is 5.97 Å². The van der Waals surface area contributed by atoms with Gasteiger partial charge in [-0.3, -0.25) is 4.68 Å². The number of ether oxygens (including phenoxy) is 1. The number of rotatable bonds is 5. The number of halogens is 1. The summed E-state index contributed by atoms with van der Waals surface area (Å²) in [6.07, 6.45) is 8.41. The van der Waals surface area contributed by atoms with Crippen LogP contribution in [-0.2, 0) is 24.1 Å². The number of thiocarbonyl (C=S) groups is 1. The number of hydrogen-bond acceptors (Lipinski definition) is 5. The Morgan fingerprint density at radius 3 is 2.66 bits per heavy atom. The highest BCUT2D eigenvalue weighted by molar-refractivity contribution is 7.80. The first-order valence-corrected chi connectivity index (χ1v) is 12.2. The molecule has 0 aliphatic heterocycles. The third kappa shape index (κ3) is 5.49. The van der Waals surface area contributed by atoms with Crippen LogP contribution in [0.15, 0.2) is 36.5 Å². The molecular weight excluding hydrogens is 464 g/mol. The molecule has 0 radical (unpaired) electrons. The number of carbonyl (C=O) groups is 1. The Hall–Kier alpha value is -2.42. The molecule has 9 heteroatoms. The summed E-state index contributed by atoms with van der Waals surface area (Å²) in [6, 6.07) is 9.53. The molecule has 6 nitrogen and oxygen atoms in total. The highest BCUT2D eigenvalue weighted by Gasteiger charge is 2.25. The van der Waals surface area contributed by atoms with Crippen LogP contribution < -0.4 is 10.6 Å². The van der Waals surface area contributed by atoms with Gasteiger partial charge in [0.15, 0.2) is 10.9 Å². The van der Waals surface area contributed by atoms with Gasteiger partial charge in [-0.2, -0.15) is 5.10 Å². The Morgan fingerprint density at radius 1 is 1.16 bits per heavy atom. The van der Waals surface area contributed by atoms with Crippen molar-refractivity contribution in [2.24, 2.45) is 0 Å². The zero-order valence-electron chi connectivity index (χ0n) is 17.8. The van der Waals surface area contributed by atoms with E-state index in [1.54, 1.807) is 11.3 Å². The SMILES string of the molecule is COC(=O)c1c(NC(=S)Nc2ccn(Cc3ccc(Cl)cc3)n2)sc2c1CCCCCC2. The lowest BCUT2D eigenvalue weighted by Gasteiger charge is -2.11. The Bertz CT molecular complexity index is 1110. The van der Waals surface area contributed by atoms with Gasteiger partial charge < -0.3 is 15.4 Å². The smallest absolute Gasteiger partial charge is 0.341 e. The van der Waals surface area contributed by atoms with Gasteiger partial charge in [-0.15, -0.1) is 11.3 Å². The molecule has 2 N–H and O–H groups in total. The number of fused-ring (bicyclic) bond motifs is 1. The number of aryl methyl sites for hydroxylation is 1. The van der Waals surface area contributed by atoms with Gasteiger partial charge in [-0.1, -0.05) is 36.6 Å². The number of benzene rings is 1. The van der Waals surface area contributed by atoms with Crippen molar-refractivity contribution in [2.45, 2.75) is 45.1 Å². The van der Waals surface area contributed by atoms with Crippen molar-refractivity contribution in [2.75, 3.05) is 17.7 Å². The number of nitrogens with one attached hydrogen (secondary N) is 2. The van der Waals surface area contributed by atoms with Gasteiger partial charge in [0.1, 0.15) is 5.00 Å². The van der Waals surface area contributed by atoms with E-state index in [0.29, 0.717) is 28.1 Å². The van der Waals surface area contributed by atoms with E-state index in [1.165, 1.54) is 24.8 Å². The van der Waals surface area contributed by atoms with Crippen LogP contribution in [0.3, 0.4) is 0 Å². The molecule has 0 unspecified atom stereocenters. The molecular formula is C23H25ClN4O2S2. The molecule has 0 amide bonds. The molecule has 4 rings (SSSR count). The summed E-state index contributed by atoms with van der Waals surface area (Å²) in [5.41, 5.74) is 2.83. The first-order valence-electron chi connectivity index (χ1n) is 10.6. The molecule has 0 saturated carbocycles. The Morgan fingerprint density at radius 2 is 1.91 bits per heavy atom. The van der Waals surface area contributed by atoms with E-state index in [-0.39, 0.29) is 5.97 Å². The maximum Gasteiger partial charge on any atom is 0.341 e. The Kier molecular flexibility index (Phi) is 7.44. The van der Waals surface area contributed by atoms with Gasteiger partial charge in [0.25, 0.3) is 0 Å². The lowest BCUT2D eigenvalue weighted by Crippen LogP contribution is -2.20. The second-order valence-corrected chi connectivity index (χ2v) is 9.67. The molecule has 1 aromatic carbocycles. The predicted octanol–water partition coefficient (Wildman–Crippen LogP) is 5.90. The zero-order valence-corrected chi connectivity index (χ0v) is 20.2. The molecule has 0 fully saturated rings. The normalized spacial score (nSPS) is 13.6. The molecule has 0 spiro atoms. The number of aromatic nitrogens is 2. The van der Waals surface area contributed by atoms with Crippen LogP contribution in [0, 0.1) is 0 Å². The van der Waals surface area contributed by atoms with Gasteiger partial charge in [0, 0.05) is 22.2 Å². The van der Waals surface area contributed by atoms with Crippen LogP contribution in [-0.4, -0.2) is 28.0 Å². The fraction of sp³-hybridized carbons (Fsp3) is 0.348. The number of thiophene rings is 1. The lowest BCUT2D eigenvalue weighted by atomic mass is 9.96. The number of esters is 1. The van der Waals surface area contributed by atoms with Crippen molar-refractivity contribution in [3.05, 3.63) is 63.1 Å². The van der Waals surface area contributed by atoms with E-state index >= 15 is 0 Å². The fourth-order valence-electron chi connectivity index (χ4n) is 3.87. The fourth-order valence-corrected chi connectivity index (χ4v) is 5.55. The molecule has 1 aliphatic rings. The second kappa shape index (κ2) is 10.5. The minimum atomic E-state index is -0.319. The van der Waals surface area contributed by atoms with E-state index < -0.39 is 0 Å². The number of hydrogen-bond donors (Lipinski definition) is 2. The van der Waals surface area contributed by atoms with Crippen molar-refractivity contribution < 1.29 is 9.53 Å². The van der Waals surface area contributed by atoms with Gasteiger partial charge in [-0.25, -0.2) is 4.79 Å². The van der Waals surface area contributed by atoms with Crippen molar-refractivity contribution in [3.8, 4) is 0 Å². The summed E-state index contributed by atoms with van der Waals surface area (Å²) in [4.78, 5) is 13.8. The quantitative estimate of drug-likeness (QED) is 0.344. The van der Waals surface area contributed by atoms with E-state index in [4.69, 9.17) is 28.6 Å². The van der Waals surface area contributed by atoms with E-state index in [0.717, 1.165) is 41.8 Å². The first-order chi connectivity index (χ1) is 15.5. The second-order valence-electron chi connectivity index (χ2n) is 7.72. The van der Waals surface area contributed by atoms with Gasteiger partial charge in [0.05, 0.1) is 19.2 Å². The topological polar surface area (TPSA) is 68.2 Å². The number of methoxy groups -OCH3 is 1. The molecule has 168 valence electrons. The Labute approximate surface area is 201 Å². The first kappa shape index (κ1) is 22.8. The monoisotopic (exact) mass is 488 g/mol. The van der Waals surface area contributed by atoms with Crippen LogP contribution in [0.2, 0.25) is 5.02 Å². The summed E-state index contributed by atoms with van der Waals surface area (Å²) < 4.78 is 6.90. The zero-order chi connectivity index (χ0) is 22.5. The number of nitrogens with zero attached hydrogens (tertiary/aromatic N) is 2. The summed E-state index contributed by atoms with van der Waals surface area (Å²) in [7, 11) is 1.42. The van der Waals surface area contributed by atoms with Gasteiger partial charge in [-0.05, 0) is 61.2 Å². The third-order valence-electron chi connectivity index (χ3n) is 5.43. The van der Waals surface area contributed by atoms with Crippen molar-refractivity contribution in [1.29, 1.82) is 0 Å². The average molecular weight is 489 g/mol. The van der Waals surface area contributed by atoms with E-state index in [9.17, 15) is 4.79 Å². The third-order valence-corrected chi connectivity index (χ3v) is 7.09. The summed E-state index contributed by atoms with van der Waals surface area (Å²) in [5.74, 6) is 0.312. The Balaban J connectivity index is 1.46. The highest BCUT2D eigenvalue weighted by atomic mass is 35.5. The van der Waals surface area contributed by atoms with E-state index in [1.807, 2.05) is 41.2 Å². The minimum absolute atomic E-state index is 0.319. The molecule has 32 heavy (non-hydrogen) atoms. The van der Waals surface area contributed by atoms with Crippen molar-refractivity contribution >= 4 is 57.1 Å². The largest absolute Gasteiger partial charge is 0.465 e. The van der Waals surface area contributed by atoms with Crippen molar-refractivity contribution in [3.63, 3.8) is 0 Å². The van der Waals surface area contributed by atoms with Crippen LogP contribution in [0.5, 0.6) is 0 Å².